The summed E-state index contributed by atoms with van der Waals surface area (Å²) in [6.45, 7) is 10.5. The molecule has 348 valence electrons. The summed E-state index contributed by atoms with van der Waals surface area (Å²) in [6, 6.07) is 15.4. The maximum atomic E-state index is 11.7. The number of piperidine rings is 2. The van der Waals surface area contributed by atoms with E-state index in [1.807, 2.05) is 103 Å². The van der Waals surface area contributed by atoms with Crippen molar-refractivity contribution in [1.82, 2.24) is 29.4 Å². The van der Waals surface area contributed by atoms with Crippen LogP contribution in [0.25, 0.3) is 0 Å². The molecule has 4 aromatic heterocycles. The molecule has 0 bridgehead atoms. The second-order valence-electron chi connectivity index (χ2n) is 16.9. The third-order valence-electron chi connectivity index (χ3n) is 9.96. The summed E-state index contributed by atoms with van der Waals surface area (Å²) in [5.41, 5.74) is 0. The van der Waals surface area contributed by atoms with Gasteiger partial charge in [0.25, 0.3) is 0 Å². The summed E-state index contributed by atoms with van der Waals surface area (Å²) in [5, 5.41) is 28.1. The minimum absolute atomic E-state index is 0. The van der Waals surface area contributed by atoms with Crippen LogP contribution in [0.1, 0.15) is 78.7 Å². The number of rotatable bonds is 17. The fourth-order valence-electron chi connectivity index (χ4n) is 6.97. The van der Waals surface area contributed by atoms with Crippen molar-refractivity contribution in [3.63, 3.8) is 0 Å². The fraction of sp³-hybridized carbons (Fsp3) is 0.609. The molecule has 2 saturated heterocycles. The number of likely N-dealkylation sites (tertiary alicyclic amines) is 2. The van der Waals surface area contributed by atoms with Crippen molar-refractivity contribution in [1.29, 1.82) is 0 Å². The monoisotopic (exact) mass is 877 g/mol. The van der Waals surface area contributed by atoms with Crippen molar-refractivity contribution < 1.29 is 66.2 Å². The van der Waals surface area contributed by atoms with Crippen molar-refractivity contribution in [3.05, 3.63) is 94.6 Å². The van der Waals surface area contributed by atoms with Gasteiger partial charge in [-0.15, -0.1) is 0 Å². The molecule has 0 aromatic carbocycles. The van der Waals surface area contributed by atoms with Gasteiger partial charge in [-0.1, -0.05) is 0 Å². The molecular formula is C46H73LiN6O10. The van der Waals surface area contributed by atoms with Gasteiger partial charge >= 0.3 is 24.8 Å². The first-order valence-electron chi connectivity index (χ1n) is 21.5. The van der Waals surface area contributed by atoms with E-state index in [0.717, 1.165) is 113 Å². The Hall–Kier alpha value is -3.66. The van der Waals surface area contributed by atoms with Crippen LogP contribution in [0.3, 0.4) is 0 Å². The summed E-state index contributed by atoms with van der Waals surface area (Å²) < 4.78 is 27.2. The fourth-order valence-corrected chi connectivity index (χ4v) is 6.97. The molecule has 0 atom stereocenters. The molecule has 0 amide bonds. The van der Waals surface area contributed by atoms with Crippen LogP contribution in [0.5, 0.6) is 0 Å². The van der Waals surface area contributed by atoms with Gasteiger partial charge in [-0.2, -0.15) is 0 Å². The average molecular weight is 877 g/mol. The number of aliphatic carboxylic acids is 1. The van der Waals surface area contributed by atoms with Gasteiger partial charge in [0.1, 0.15) is 59.3 Å². The van der Waals surface area contributed by atoms with E-state index in [1.165, 1.54) is 0 Å². The molecule has 4 aromatic rings. The molecule has 2 N–H and O–H groups in total. The Labute approximate surface area is 386 Å². The van der Waals surface area contributed by atoms with Crippen molar-refractivity contribution in [2.24, 2.45) is 11.8 Å². The maximum Gasteiger partial charge on any atom is 1.00 e. The minimum Gasteiger partial charge on any atom is -0.550 e. The van der Waals surface area contributed by atoms with E-state index < -0.39 is 5.97 Å². The van der Waals surface area contributed by atoms with Gasteiger partial charge in [0.2, 0.25) is 0 Å². The zero-order valence-corrected chi connectivity index (χ0v) is 39.6. The Morgan fingerprint density at radius 3 is 1.11 bits per heavy atom. The van der Waals surface area contributed by atoms with E-state index >= 15 is 0 Å². The molecule has 0 spiro atoms. The van der Waals surface area contributed by atoms with Gasteiger partial charge in [0, 0.05) is 11.9 Å². The molecule has 63 heavy (non-hydrogen) atoms. The van der Waals surface area contributed by atoms with Crippen molar-refractivity contribution in [2.45, 2.75) is 85.1 Å². The molecule has 2 fully saturated rings. The summed E-state index contributed by atoms with van der Waals surface area (Å²) in [6.07, 6.45) is 3.11. The van der Waals surface area contributed by atoms with Crippen LogP contribution < -0.4 is 24.0 Å². The molecule has 0 radical (unpaired) electrons. The van der Waals surface area contributed by atoms with E-state index in [-0.39, 0.29) is 49.9 Å². The normalized spacial score (nSPS) is 15.0. The molecule has 0 aliphatic carbocycles. The second-order valence-corrected chi connectivity index (χ2v) is 16.9. The molecule has 6 rings (SSSR count). The number of hydrogen-bond donors (Lipinski definition) is 2. The molecular weight excluding hydrogens is 803 g/mol. The van der Waals surface area contributed by atoms with E-state index in [0.29, 0.717) is 31.0 Å². The number of aliphatic hydroxyl groups is 2. The van der Waals surface area contributed by atoms with Gasteiger partial charge in [0.05, 0.1) is 51.8 Å². The number of esters is 1. The third-order valence-corrected chi connectivity index (χ3v) is 9.96. The molecule has 0 saturated carbocycles. The van der Waals surface area contributed by atoms with Crippen LogP contribution in [-0.2, 0) is 66.8 Å². The summed E-state index contributed by atoms with van der Waals surface area (Å²) >= 11 is 0. The van der Waals surface area contributed by atoms with Gasteiger partial charge in [-0.3, -0.25) is 14.6 Å². The van der Waals surface area contributed by atoms with E-state index in [4.69, 9.17) is 32.6 Å². The SMILES string of the molecule is CCOC(=O)C1CCN(Cc2ccc(CN(C)C)o2)CC1.CN(C)Cc1ccc(CN2CCC(C(=O)[O-])CC2)o1.CN(C)Cc1ccc(CO)o1.CN(C)Cc1ccc(CO)o1.[Li+]. The van der Waals surface area contributed by atoms with Crippen LogP contribution in [0.15, 0.2) is 66.2 Å². The zero-order valence-electron chi connectivity index (χ0n) is 39.6. The topological polar surface area (TPSA) is 179 Å². The van der Waals surface area contributed by atoms with E-state index in [9.17, 15) is 14.7 Å². The smallest absolute Gasteiger partial charge is 0.550 e. The number of hydrogen-bond acceptors (Lipinski definition) is 16. The maximum absolute atomic E-state index is 11.7. The van der Waals surface area contributed by atoms with E-state index in [1.54, 1.807) is 12.1 Å². The van der Waals surface area contributed by atoms with Crippen LogP contribution in [0, 0.1) is 11.8 Å². The quantitative estimate of drug-likeness (QED) is 0.114. The van der Waals surface area contributed by atoms with Crippen LogP contribution in [0.4, 0.5) is 0 Å². The predicted molar refractivity (Wildman–Crippen MR) is 234 cm³/mol. The Morgan fingerprint density at radius 2 is 0.841 bits per heavy atom. The number of ether oxygens (including phenoxy) is 1. The van der Waals surface area contributed by atoms with Crippen molar-refractivity contribution >= 4 is 11.9 Å². The Morgan fingerprint density at radius 1 is 0.556 bits per heavy atom. The third kappa shape index (κ3) is 22.2. The molecule has 2 aliphatic rings. The number of carboxylic acid groups (broad SMARTS) is 1. The molecule has 0 unspecified atom stereocenters. The van der Waals surface area contributed by atoms with Gasteiger partial charge < -0.3 is 62.1 Å². The zero-order chi connectivity index (χ0) is 45.6. The van der Waals surface area contributed by atoms with Crippen LogP contribution in [-0.4, -0.2) is 141 Å². The summed E-state index contributed by atoms with van der Waals surface area (Å²) in [7, 11) is 16.0. The average Bonchev–Trinajstić information content (AvgIpc) is 4.05. The molecule has 17 heteroatoms. The predicted octanol–water partition coefficient (Wildman–Crippen LogP) is 1.09. The van der Waals surface area contributed by atoms with Crippen LogP contribution in [0.2, 0.25) is 0 Å². The Kier molecular flexibility index (Phi) is 26.2. The number of carbonyl (C=O) groups excluding carboxylic acids is 2. The first-order valence-corrected chi connectivity index (χ1v) is 21.5. The molecule has 6 heterocycles. The summed E-state index contributed by atoms with van der Waals surface area (Å²) in [5.74, 6) is 5.78. The van der Waals surface area contributed by atoms with Crippen molar-refractivity contribution in [3.8, 4) is 0 Å². The number of aliphatic hydroxyl groups excluding tert-OH is 2. The van der Waals surface area contributed by atoms with E-state index in [2.05, 4.69) is 25.7 Å². The van der Waals surface area contributed by atoms with Gasteiger partial charge in [-0.25, -0.2) is 0 Å². The minimum atomic E-state index is -0.911. The largest absolute Gasteiger partial charge is 1.00 e. The second kappa shape index (κ2) is 29.7. The standard InChI is InChI=1S/C16H26N2O3.C14H22N2O3.2C8H13NO2.Li/c1-4-20-16(19)13-7-9-18(10-8-13)12-15-6-5-14(21-15)11-17(2)3;1-15(2)9-12-3-4-13(19-12)10-16-7-5-11(6-8-16)14(17)18;2*1-9(2)5-7-3-4-8(6-10)11-7;/h5-6,13H,4,7-12H2,1-3H3;3-4,11H,5-10H2,1-2H3,(H,17,18);2*3-4,10H,5-6H2,1-2H3;/q;;;;+1/p-1. The molecule has 2 aliphatic heterocycles. The van der Waals surface area contributed by atoms with Gasteiger partial charge in [0.15, 0.2) is 0 Å². The summed E-state index contributed by atoms with van der Waals surface area (Å²) in [4.78, 5) is 35.2. The van der Waals surface area contributed by atoms with Gasteiger partial charge in [-0.05, 0) is 164 Å². The number of carbonyl (C=O) groups is 2. The number of carboxylic acids is 1. The van der Waals surface area contributed by atoms with Crippen molar-refractivity contribution in [2.75, 3.05) is 89.2 Å². The number of nitrogens with zero attached hydrogens (tertiary/aromatic N) is 6. The molecule has 16 nitrogen and oxygen atoms in total. The Balaban J connectivity index is 0.000000299. The Bertz CT molecular complexity index is 1770. The first kappa shape index (κ1) is 55.5. The first-order chi connectivity index (χ1) is 29.6. The van der Waals surface area contributed by atoms with Crippen LogP contribution >= 0.6 is 0 Å². The number of furan rings is 4.